The lowest BCUT2D eigenvalue weighted by Crippen LogP contribution is -2.25. The number of aryl methyl sites for hydroxylation is 1. The zero-order chi connectivity index (χ0) is 14.2. The second-order valence-electron chi connectivity index (χ2n) is 5.66. The van der Waals surface area contributed by atoms with E-state index >= 15 is 0 Å². The first-order valence-electron chi connectivity index (χ1n) is 6.22. The molecule has 0 amide bonds. The quantitative estimate of drug-likeness (QED) is 0.785. The maximum Gasteiger partial charge on any atom is 0.312 e. The Bertz CT molecular complexity index is 623. The van der Waals surface area contributed by atoms with Crippen molar-refractivity contribution in [3.8, 4) is 0 Å². The van der Waals surface area contributed by atoms with E-state index in [4.69, 9.17) is 16.3 Å². The lowest BCUT2D eigenvalue weighted by molar-refractivity contribution is -0.154. The highest BCUT2D eigenvalue weighted by Crippen LogP contribution is 2.23. The molecule has 2 rings (SSSR count). The number of nitrogens with zero attached hydrogens (tertiary/aromatic N) is 1. The molecule has 0 bridgehead atoms. The summed E-state index contributed by atoms with van der Waals surface area (Å²) >= 11 is 5.97. The van der Waals surface area contributed by atoms with E-state index in [0.29, 0.717) is 5.02 Å². The van der Waals surface area contributed by atoms with Gasteiger partial charge in [-0.2, -0.15) is 0 Å². The van der Waals surface area contributed by atoms with Crippen LogP contribution in [-0.4, -0.2) is 16.1 Å². The lowest BCUT2D eigenvalue weighted by atomic mass is 10.2. The second-order valence-corrected chi connectivity index (χ2v) is 6.10. The fraction of sp³-hybridized carbons (Fsp3) is 0.400. The number of hydrogen-bond acceptors (Lipinski definition) is 2. The molecule has 4 heteroatoms. The van der Waals surface area contributed by atoms with Gasteiger partial charge in [-0.15, -0.1) is 0 Å². The number of esters is 1. The van der Waals surface area contributed by atoms with Gasteiger partial charge in [0, 0.05) is 28.7 Å². The summed E-state index contributed by atoms with van der Waals surface area (Å²) < 4.78 is 7.33. The molecule has 0 aliphatic heterocycles. The Morgan fingerprint density at radius 2 is 2.00 bits per heavy atom. The van der Waals surface area contributed by atoms with Gasteiger partial charge in [0.05, 0.1) is 6.42 Å². The fourth-order valence-electron chi connectivity index (χ4n) is 2.07. The van der Waals surface area contributed by atoms with Crippen molar-refractivity contribution in [2.75, 3.05) is 0 Å². The highest BCUT2D eigenvalue weighted by Gasteiger charge is 2.18. The van der Waals surface area contributed by atoms with Crippen molar-refractivity contribution in [3.63, 3.8) is 0 Å². The summed E-state index contributed by atoms with van der Waals surface area (Å²) in [6, 6.07) is 7.68. The van der Waals surface area contributed by atoms with Crippen LogP contribution in [0.25, 0.3) is 10.9 Å². The molecule has 19 heavy (non-hydrogen) atoms. The molecular weight excluding hydrogens is 262 g/mol. The van der Waals surface area contributed by atoms with Crippen molar-refractivity contribution >= 4 is 28.5 Å². The number of hydrogen-bond donors (Lipinski definition) is 0. The predicted molar refractivity (Wildman–Crippen MR) is 77.5 cm³/mol. The van der Waals surface area contributed by atoms with E-state index in [1.165, 1.54) is 0 Å². The maximum absolute atomic E-state index is 11.9. The summed E-state index contributed by atoms with van der Waals surface area (Å²) in [4.78, 5) is 11.9. The molecule has 0 aliphatic rings. The molecule has 0 saturated carbocycles. The van der Waals surface area contributed by atoms with E-state index in [0.717, 1.165) is 16.6 Å². The smallest absolute Gasteiger partial charge is 0.312 e. The third-order valence-corrected chi connectivity index (χ3v) is 3.08. The van der Waals surface area contributed by atoms with Crippen molar-refractivity contribution in [1.82, 2.24) is 4.57 Å². The maximum atomic E-state index is 11.9. The molecule has 0 spiro atoms. The van der Waals surface area contributed by atoms with Crippen LogP contribution in [0.4, 0.5) is 0 Å². The average molecular weight is 280 g/mol. The molecule has 0 N–H and O–H groups in total. The molecule has 1 heterocycles. The average Bonchev–Trinajstić information content (AvgIpc) is 2.52. The summed E-state index contributed by atoms with van der Waals surface area (Å²) in [5.74, 6) is -0.218. The van der Waals surface area contributed by atoms with E-state index < -0.39 is 5.60 Å². The Kier molecular flexibility index (Phi) is 3.59. The Balaban J connectivity index is 2.26. The Hall–Kier alpha value is -1.48. The first kappa shape index (κ1) is 13.9. The van der Waals surface area contributed by atoms with E-state index in [-0.39, 0.29) is 12.4 Å². The van der Waals surface area contributed by atoms with Gasteiger partial charge in [-0.05, 0) is 45.0 Å². The van der Waals surface area contributed by atoms with Gasteiger partial charge in [-0.1, -0.05) is 11.6 Å². The number of carbonyl (C=O) groups excluding carboxylic acids is 1. The number of rotatable bonds is 2. The SMILES string of the molecule is Cn1c(CC(=O)OC(C)(C)C)cc2cc(Cl)ccc21. The molecule has 0 unspecified atom stereocenters. The Morgan fingerprint density at radius 1 is 1.32 bits per heavy atom. The van der Waals surface area contributed by atoms with Crippen molar-refractivity contribution in [3.05, 3.63) is 35.0 Å². The van der Waals surface area contributed by atoms with Crippen LogP contribution in [0.1, 0.15) is 26.5 Å². The monoisotopic (exact) mass is 279 g/mol. The van der Waals surface area contributed by atoms with Gasteiger partial charge in [0.15, 0.2) is 0 Å². The van der Waals surface area contributed by atoms with Gasteiger partial charge in [0.1, 0.15) is 5.60 Å². The molecule has 1 aromatic heterocycles. The molecule has 0 aliphatic carbocycles. The molecule has 102 valence electrons. The van der Waals surface area contributed by atoms with Crippen LogP contribution >= 0.6 is 11.6 Å². The Morgan fingerprint density at radius 3 is 2.63 bits per heavy atom. The first-order chi connectivity index (χ1) is 8.76. The highest BCUT2D eigenvalue weighted by molar-refractivity contribution is 6.31. The summed E-state index contributed by atoms with van der Waals surface area (Å²) in [5, 5.41) is 1.73. The second kappa shape index (κ2) is 4.89. The first-order valence-corrected chi connectivity index (χ1v) is 6.60. The third kappa shape index (κ3) is 3.29. The van der Waals surface area contributed by atoms with Gasteiger partial charge in [0.2, 0.25) is 0 Å². The number of halogens is 1. The van der Waals surface area contributed by atoms with Crippen LogP contribution in [0.5, 0.6) is 0 Å². The third-order valence-electron chi connectivity index (χ3n) is 2.85. The lowest BCUT2D eigenvalue weighted by Gasteiger charge is -2.19. The molecule has 1 aromatic carbocycles. The number of ether oxygens (including phenoxy) is 1. The minimum Gasteiger partial charge on any atom is -0.460 e. The number of carbonyl (C=O) groups is 1. The molecular formula is C15H18ClNO2. The van der Waals surface area contributed by atoms with Crippen molar-refractivity contribution in [2.24, 2.45) is 7.05 Å². The summed E-state index contributed by atoms with van der Waals surface area (Å²) in [7, 11) is 1.94. The summed E-state index contributed by atoms with van der Waals surface area (Å²) in [6.45, 7) is 5.60. The van der Waals surface area contributed by atoms with Crippen LogP contribution in [0, 0.1) is 0 Å². The van der Waals surface area contributed by atoms with Gasteiger partial charge >= 0.3 is 5.97 Å². The van der Waals surface area contributed by atoms with Crippen LogP contribution in [-0.2, 0) is 23.0 Å². The van der Waals surface area contributed by atoms with E-state index in [1.807, 2.05) is 56.7 Å². The predicted octanol–water partition coefficient (Wildman–Crippen LogP) is 3.72. The topological polar surface area (TPSA) is 31.2 Å². The van der Waals surface area contributed by atoms with Crippen molar-refractivity contribution in [1.29, 1.82) is 0 Å². The van der Waals surface area contributed by atoms with Gasteiger partial charge < -0.3 is 9.30 Å². The molecule has 2 aromatic rings. The largest absolute Gasteiger partial charge is 0.460 e. The molecule has 0 radical (unpaired) electrons. The zero-order valence-corrected chi connectivity index (χ0v) is 12.4. The Labute approximate surface area is 118 Å². The van der Waals surface area contributed by atoms with E-state index in [2.05, 4.69) is 0 Å². The number of benzene rings is 1. The standard InChI is InChI=1S/C15H18ClNO2/c1-15(2,3)19-14(18)9-12-8-10-7-11(16)5-6-13(10)17(12)4/h5-8H,9H2,1-4H3. The molecule has 0 saturated heterocycles. The van der Waals surface area contributed by atoms with Crippen LogP contribution in [0.3, 0.4) is 0 Å². The summed E-state index contributed by atoms with van der Waals surface area (Å²) in [5.41, 5.74) is 1.53. The molecule has 0 fully saturated rings. The normalized spacial score (nSPS) is 11.8. The van der Waals surface area contributed by atoms with Crippen LogP contribution < -0.4 is 0 Å². The van der Waals surface area contributed by atoms with E-state index in [1.54, 1.807) is 0 Å². The summed E-state index contributed by atoms with van der Waals surface area (Å²) in [6.07, 6.45) is 0.264. The minimum absolute atomic E-state index is 0.218. The van der Waals surface area contributed by atoms with Gasteiger partial charge in [-0.3, -0.25) is 4.79 Å². The number of aromatic nitrogens is 1. The van der Waals surface area contributed by atoms with Crippen molar-refractivity contribution in [2.45, 2.75) is 32.8 Å². The molecule has 0 atom stereocenters. The zero-order valence-electron chi connectivity index (χ0n) is 11.7. The fourth-order valence-corrected chi connectivity index (χ4v) is 2.25. The van der Waals surface area contributed by atoms with Gasteiger partial charge in [0.25, 0.3) is 0 Å². The van der Waals surface area contributed by atoms with E-state index in [9.17, 15) is 4.79 Å². The minimum atomic E-state index is -0.453. The van der Waals surface area contributed by atoms with Crippen LogP contribution in [0.15, 0.2) is 24.3 Å². The van der Waals surface area contributed by atoms with Crippen LogP contribution in [0.2, 0.25) is 5.02 Å². The number of fused-ring (bicyclic) bond motifs is 1. The molecule has 3 nitrogen and oxygen atoms in total. The van der Waals surface area contributed by atoms with Crippen molar-refractivity contribution < 1.29 is 9.53 Å². The highest BCUT2D eigenvalue weighted by atomic mass is 35.5. The van der Waals surface area contributed by atoms with Gasteiger partial charge in [-0.25, -0.2) is 0 Å².